The molecule has 5 nitrogen and oxygen atoms in total. The summed E-state index contributed by atoms with van der Waals surface area (Å²) >= 11 is 0. The van der Waals surface area contributed by atoms with Crippen LogP contribution in [0.1, 0.15) is 5.56 Å². The van der Waals surface area contributed by atoms with E-state index in [-0.39, 0.29) is 18.1 Å². The van der Waals surface area contributed by atoms with Gasteiger partial charge in [0.15, 0.2) is 5.82 Å². The Hall–Kier alpha value is -3.15. The molecule has 6 heteroatoms. The van der Waals surface area contributed by atoms with E-state index in [0.717, 1.165) is 22.5 Å². The summed E-state index contributed by atoms with van der Waals surface area (Å²) in [6, 6.07) is 14.6. The van der Waals surface area contributed by atoms with Crippen LogP contribution in [0.2, 0.25) is 0 Å². The first-order chi connectivity index (χ1) is 12.4. The van der Waals surface area contributed by atoms with Crippen molar-refractivity contribution in [3.63, 3.8) is 0 Å². The van der Waals surface area contributed by atoms with Crippen LogP contribution in [0.25, 0.3) is 11.1 Å². The van der Waals surface area contributed by atoms with Gasteiger partial charge in [0.2, 0.25) is 5.91 Å². The van der Waals surface area contributed by atoms with Crippen molar-refractivity contribution in [2.45, 2.75) is 13.5 Å². The molecule has 0 aliphatic heterocycles. The number of benzene rings is 2. The molecule has 2 aromatic carbocycles. The van der Waals surface area contributed by atoms with Gasteiger partial charge in [-0.1, -0.05) is 36.4 Å². The molecular weight excluding hydrogens is 331 g/mol. The highest BCUT2D eigenvalue weighted by molar-refractivity contribution is 5.90. The van der Waals surface area contributed by atoms with Crippen LogP contribution in [0.3, 0.4) is 0 Å². The number of carbonyl (C=O) groups excluding carboxylic acids is 1. The fourth-order valence-corrected chi connectivity index (χ4v) is 2.70. The zero-order chi connectivity index (χ0) is 18.7. The second-order valence-electron chi connectivity index (χ2n) is 6.36. The van der Waals surface area contributed by atoms with Gasteiger partial charge in [0, 0.05) is 25.9 Å². The summed E-state index contributed by atoms with van der Waals surface area (Å²) in [6.45, 7) is 1.80. The fraction of sp³-hybridized carbons (Fsp3) is 0.200. The van der Waals surface area contributed by atoms with Gasteiger partial charge in [-0.25, -0.2) is 4.39 Å². The Morgan fingerprint density at radius 1 is 1.19 bits per heavy atom. The number of amides is 1. The molecule has 0 radical (unpaired) electrons. The molecule has 3 rings (SSSR count). The van der Waals surface area contributed by atoms with Crippen molar-refractivity contribution in [1.29, 1.82) is 0 Å². The maximum atomic E-state index is 13.9. The van der Waals surface area contributed by atoms with E-state index in [1.54, 1.807) is 23.7 Å². The number of rotatable bonds is 5. The zero-order valence-electron chi connectivity index (χ0n) is 15.0. The van der Waals surface area contributed by atoms with Crippen LogP contribution < -0.4 is 10.2 Å². The van der Waals surface area contributed by atoms with Crippen molar-refractivity contribution in [2.75, 3.05) is 24.3 Å². The lowest BCUT2D eigenvalue weighted by molar-refractivity contribution is -0.116. The fourth-order valence-electron chi connectivity index (χ4n) is 2.70. The lowest BCUT2D eigenvalue weighted by atomic mass is 10.1. The van der Waals surface area contributed by atoms with E-state index in [1.165, 1.54) is 6.07 Å². The molecule has 1 N–H and O–H groups in total. The molecule has 0 aliphatic rings. The van der Waals surface area contributed by atoms with Crippen molar-refractivity contribution in [2.24, 2.45) is 0 Å². The molecule has 0 fully saturated rings. The highest BCUT2D eigenvalue weighted by atomic mass is 19.1. The number of anilines is 2. The van der Waals surface area contributed by atoms with Gasteiger partial charge < -0.3 is 10.2 Å². The summed E-state index contributed by atoms with van der Waals surface area (Å²) in [4.78, 5) is 14.2. The van der Waals surface area contributed by atoms with E-state index >= 15 is 0 Å². The van der Waals surface area contributed by atoms with Gasteiger partial charge in [-0.05, 0) is 30.2 Å². The summed E-state index contributed by atoms with van der Waals surface area (Å²) in [5, 5.41) is 7.09. The number of nitrogens with one attached hydrogen (secondary N) is 1. The first kappa shape index (κ1) is 17.7. The Kier molecular flexibility index (Phi) is 5.02. The standard InChI is InChI=1S/C20H21FN4O/c1-14-9-10-18(17(21)11-14)22-19(26)13-25-12-16(20(23-25)24(2)3)15-7-5-4-6-8-15/h4-12H,13H2,1-3H3,(H,22,26). The number of hydrogen-bond donors (Lipinski definition) is 1. The van der Waals surface area contributed by atoms with E-state index in [1.807, 2.05) is 55.5 Å². The number of hydrogen-bond acceptors (Lipinski definition) is 3. The van der Waals surface area contributed by atoms with E-state index < -0.39 is 5.82 Å². The minimum Gasteiger partial charge on any atom is -0.361 e. The average Bonchev–Trinajstić information content (AvgIpc) is 3.02. The van der Waals surface area contributed by atoms with Crippen molar-refractivity contribution in [1.82, 2.24) is 9.78 Å². The third-order valence-electron chi connectivity index (χ3n) is 3.95. The smallest absolute Gasteiger partial charge is 0.246 e. The maximum Gasteiger partial charge on any atom is 0.246 e. The summed E-state index contributed by atoms with van der Waals surface area (Å²) in [6.07, 6.45) is 1.83. The molecule has 0 saturated carbocycles. The molecule has 134 valence electrons. The van der Waals surface area contributed by atoms with Crippen LogP contribution in [0, 0.1) is 12.7 Å². The molecule has 26 heavy (non-hydrogen) atoms. The lowest BCUT2D eigenvalue weighted by Crippen LogP contribution is -2.20. The Balaban J connectivity index is 1.80. The molecule has 0 saturated heterocycles. The van der Waals surface area contributed by atoms with Gasteiger partial charge in [0.1, 0.15) is 12.4 Å². The Morgan fingerprint density at radius 3 is 2.58 bits per heavy atom. The van der Waals surface area contributed by atoms with Gasteiger partial charge in [0.05, 0.1) is 5.69 Å². The van der Waals surface area contributed by atoms with Crippen LogP contribution >= 0.6 is 0 Å². The first-order valence-electron chi connectivity index (χ1n) is 8.30. The molecule has 1 amide bonds. The van der Waals surface area contributed by atoms with Crippen LogP contribution in [0.4, 0.5) is 15.9 Å². The molecule has 3 aromatic rings. The van der Waals surface area contributed by atoms with E-state index in [0.29, 0.717) is 0 Å². The summed E-state index contributed by atoms with van der Waals surface area (Å²) in [5.41, 5.74) is 2.93. The molecule has 0 bridgehead atoms. The zero-order valence-corrected chi connectivity index (χ0v) is 15.0. The lowest BCUT2D eigenvalue weighted by Gasteiger charge is -2.11. The van der Waals surface area contributed by atoms with Crippen LogP contribution in [0.15, 0.2) is 54.7 Å². The van der Waals surface area contributed by atoms with Gasteiger partial charge in [-0.15, -0.1) is 0 Å². The first-order valence-corrected chi connectivity index (χ1v) is 8.30. The Morgan fingerprint density at radius 2 is 1.92 bits per heavy atom. The normalized spacial score (nSPS) is 10.6. The summed E-state index contributed by atoms with van der Waals surface area (Å²) in [7, 11) is 3.81. The Bertz CT molecular complexity index is 919. The molecular formula is C20H21FN4O. The van der Waals surface area contributed by atoms with Gasteiger partial charge in [-0.2, -0.15) is 5.10 Å². The quantitative estimate of drug-likeness (QED) is 0.762. The second-order valence-corrected chi connectivity index (χ2v) is 6.36. The Labute approximate surface area is 152 Å². The molecule has 0 spiro atoms. The molecule has 1 aromatic heterocycles. The highest BCUT2D eigenvalue weighted by Gasteiger charge is 2.15. The van der Waals surface area contributed by atoms with Gasteiger partial charge in [0.25, 0.3) is 0 Å². The van der Waals surface area contributed by atoms with Gasteiger partial charge >= 0.3 is 0 Å². The van der Waals surface area contributed by atoms with E-state index in [9.17, 15) is 9.18 Å². The number of nitrogens with zero attached hydrogens (tertiary/aromatic N) is 3. The van der Waals surface area contributed by atoms with Crippen molar-refractivity contribution in [3.05, 3.63) is 66.1 Å². The maximum absolute atomic E-state index is 13.9. The van der Waals surface area contributed by atoms with Crippen molar-refractivity contribution >= 4 is 17.4 Å². The summed E-state index contributed by atoms with van der Waals surface area (Å²) < 4.78 is 15.5. The number of aromatic nitrogens is 2. The molecule has 0 unspecified atom stereocenters. The molecule has 1 heterocycles. The minimum atomic E-state index is -0.447. The number of halogens is 1. The van der Waals surface area contributed by atoms with E-state index in [2.05, 4.69) is 10.4 Å². The highest BCUT2D eigenvalue weighted by Crippen LogP contribution is 2.28. The van der Waals surface area contributed by atoms with Crippen LogP contribution in [0.5, 0.6) is 0 Å². The predicted molar refractivity (Wildman–Crippen MR) is 102 cm³/mol. The van der Waals surface area contributed by atoms with Gasteiger partial charge in [-0.3, -0.25) is 9.48 Å². The second kappa shape index (κ2) is 7.39. The van der Waals surface area contributed by atoms with Crippen LogP contribution in [-0.2, 0) is 11.3 Å². The molecule has 0 atom stereocenters. The monoisotopic (exact) mass is 352 g/mol. The summed E-state index contributed by atoms with van der Waals surface area (Å²) in [5.74, 6) is -0.0107. The topological polar surface area (TPSA) is 50.2 Å². The third kappa shape index (κ3) is 3.91. The van der Waals surface area contributed by atoms with E-state index in [4.69, 9.17) is 0 Å². The third-order valence-corrected chi connectivity index (χ3v) is 3.95. The van der Waals surface area contributed by atoms with Crippen molar-refractivity contribution in [3.8, 4) is 11.1 Å². The minimum absolute atomic E-state index is 0.000982. The SMILES string of the molecule is Cc1ccc(NC(=O)Cn2cc(-c3ccccc3)c(N(C)C)n2)c(F)c1. The van der Waals surface area contributed by atoms with Crippen molar-refractivity contribution < 1.29 is 9.18 Å². The number of aryl methyl sites for hydroxylation is 1. The largest absolute Gasteiger partial charge is 0.361 e. The number of carbonyl (C=O) groups is 1. The molecule has 0 aliphatic carbocycles. The average molecular weight is 352 g/mol. The van der Waals surface area contributed by atoms with Crippen LogP contribution in [-0.4, -0.2) is 29.8 Å². The predicted octanol–water partition coefficient (Wildman–Crippen LogP) is 3.70.